The molecule has 0 saturated carbocycles. The summed E-state index contributed by atoms with van der Waals surface area (Å²) in [6.07, 6.45) is 6.15. The third-order valence-electron chi connectivity index (χ3n) is 8.36. The molecule has 0 unspecified atom stereocenters. The molecule has 0 spiro atoms. The molecule has 0 amide bonds. The molecule has 1 fully saturated rings. The van der Waals surface area contributed by atoms with E-state index in [2.05, 4.69) is 9.97 Å². The first kappa shape index (κ1) is 32.9. The predicted molar refractivity (Wildman–Crippen MR) is 170 cm³/mol. The van der Waals surface area contributed by atoms with E-state index in [1.54, 1.807) is 26.4 Å². The van der Waals surface area contributed by atoms with E-state index in [-0.39, 0.29) is 33.7 Å². The second-order valence-corrected chi connectivity index (χ2v) is 12.1. The average Bonchev–Trinajstić information content (AvgIpc) is 3.21. The quantitative estimate of drug-likeness (QED) is 0.310. The molecule has 0 bridgehead atoms. The van der Waals surface area contributed by atoms with E-state index in [4.69, 9.17) is 9.31 Å². The molecule has 5 rings (SSSR count). The highest BCUT2D eigenvalue weighted by molar-refractivity contribution is 6.62. The van der Waals surface area contributed by atoms with Crippen molar-refractivity contribution >= 4 is 34.6 Å². The lowest BCUT2D eigenvalue weighted by molar-refractivity contribution is 0.00578. The van der Waals surface area contributed by atoms with Crippen molar-refractivity contribution in [1.82, 2.24) is 28.2 Å². The summed E-state index contributed by atoms with van der Waals surface area (Å²) in [7, 11) is 2.60. The van der Waals surface area contributed by atoms with E-state index in [1.165, 1.54) is 30.5 Å². The van der Waals surface area contributed by atoms with E-state index < -0.39 is 23.9 Å². The Hall–Kier alpha value is -4.04. The molecule has 0 radical (unpaired) electrons. The van der Waals surface area contributed by atoms with Gasteiger partial charge in [-0.15, -0.1) is 0 Å². The van der Waals surface area contributed by atoms with Gasteiger partial charge in [-0.1, -0.05) is 26.7 Å². The first-order valence-corrected chi connectivity index (χ1v) is 14.9. The van der Waals surface area contributed by atoms with Gasteiger partial charge in [0.25, 0.3) is 11.1 Å². The molecule has 1 aliphatic rings. The fraction of sp³-hybridized carbons (Fsp3) is 0.533. The largest absolute Gasteiger partial charge is 0.506 e. The molecule has 4 aromatic heterocycles. The monoisotopic (exact) mass is 608 g/mol. The minimum Gasteiger partial charge on any atom is -0.506 e. The molecule has 44 heavy (non-hydrogen) atoms. The standard InChI is InChI=1S/C18H26BN3O4.C12H15N3O3/c1-7-8-9-22-15(23)13-10-12(11-20-14(13)21(6)16(22)24)19-25-17(2,3)18(4,5)26-19;1-3-4-5-15-11(17)9-6-8(16)7-13-10(9)14(2)12(15)18/h10-11H,7-9H2,1-6H3;6-7,16H,3-5H2,1-2H3. The van der Waals surface area contributed by atoms with Crippen LogP contribution in [0.3, 0.4) is 0 Å². The molecule has 14 heteroatoms. The Labute approximate surface area is 254 Å². The van der Waals surface area contributed by atoms with Gasteiger partial charge in [-0.3, -0.25) is 27.9 Å². The fourth-order valence-electron chi connectivity index (χ4n) is 4.91. The van der Waals surface area contributed by atoms with Gasteiger partial charge in [0.2, 0.25) is 0 Å². The number of fused-ring (bicyclic) bond motifs is 2. The minimum absolute atomic E-state index is 0.0831. The zero-order chi connectivity index (χ0) is 32.6. The fourth-order valence-corrected chi connectivity index (χ4v) is 4.91. The van der Waals surface area contributed by atoms with Crippen molar-refractivity contribution in [3.8, 4) is 5.75 Å². The van der Waals surface area contributed by atoms with Crippen LogP contribution >= 0.6 is 0 Å². The normalized spacial score (nSPS) is 15.5. The molecule has 1 N–H and O–H groups in total. The van der Waals surface area contributed by atoms with Crippen LogP contribution in [-0.4, -0.2) is 51.7 Å². The summed E-state index contributed by atoms with van der Waals surface area (Å²) in [6, 6.07) is 3.07. The van der Waals surface area contributed by atoms with E-state index in [0.717, 1.165) is 25.7 Å². The lowest BCUT2D eigenvalue weighted by Gasteiger charge is -2.32. The molecule has 5 heterocycles. The van der Waals surface area contributed by atoms with Crippen LogP contribution in [0.15, 0.2) is 43.7 Å². The summed E-state index contributed by atoms with van der Waals surface area (Å²) in [5.41, 5.74) is -1.05. The number of rotatable bonds is 7. The highest BCUT2D eigenvalue weighted by Gasteiger charge is 2.51. The van der Waals surface area contributed by atoms with E-state index in [9.17, 15) is 24.3 Å². The molecule has 13 nitrogen and oxygen atoms in total. The van der Waals surface area contributed by atoms with Crippen molar-refractivity contribution in [2.45, 2.75) is 91.5 Å². The topological polar surface area (TPSA) is 152 Å². The van der Waals surface area contributed by atoms with Crippen LogP contribution in [0.25, 0.3) is 22.1 Å². The third kappa shape index (κ3) is 6.00. The zero-order valence-electron chi connectivity index (χ0n) is 26.7. The molecule has 236 valence electrons. The number of aromatic nitrogens is 6. The number of aryl methyl sites for hydroxylation is 2. The van der Waals surface area contributed by atoms with E-state index in [0.29, 0.717) is 29.6 Å². The van der Waals surface area contributed by atoms with Gasteiger partial charge in [0, 0.05) is 38.8 Å². The summed E-state index contributed by atoms with van der Waals surface area (Å²) < 4.78 is 17.3. The molecule has 0 atom stereocenters. The van der Waals surface area contributed by atoms with Crippen LogP contribution in [0.4, 0.5) is 0 Å². The molecular weight excluding hydrogens is 567 g/mol. The minimum atomic E-state index is -0.599. The van der Waals surface area contributed by atoms with Gasteiger partial charge in [-0.05, 0) is 52.7 Å². The Balaban J connectivity index is 0.000000215. The van der Waals surface area contributed by atoms with Crippen LogP contribution in [0.1, 0.15) is 67.2 Å². The zero-order valence-corrected chi connectivity index (χ0v) is 26.7. The lowest BCUT2D eigenvalue weighted by Crippen LogP contribution is -2.41. The van der Waals surface area contributed by atoms with Gasteiger partial charge >= 0.3 is 18.5 Å². The Morgan fingerprint density at radius 1 is 0.750 bits per heavy atom. The predicted octanol–water partition coefficient (Wildman–Crippen LogP) is 1.80. The van der Waals surface area contributed by atoms with Crippen molar-refractivity contribution in [2.75, 3.05) is 0 Å². The summed E-state index contributed by atoms with van der Waals surface area (Å²) in [4.78, 5) is 57.8. The molecule has 4 aromatic rings. The molecule has 1 aliphatic heterocycles. The highest BCUT2D eigenvalue weighted by atomic mass is 16.7. The average molecular weight is 609 g/mol. The van der Waals surface area contributed by atoms with Crippen molar-refractivity contribution in [2.24, 2.45) is 14.1 Å². The summed E-state index contributed by atoms with van der Waals surface area (Å²) in [6.45, 7) is 12.7. The van der Waals surface area contributed by atoms with Crippen molar-refractivity contribution < 1.29 is 14.4 Å². The SMILES string of the molecule is CCCCn1c(=O)c2cc(B3OC(C)(C)C(C)(C)O3)cnc2n(C)c1=O.CCCCn1c(=O)c2cc(O)cnc2n(C)c1=O. The number of nitrogens with zero attached hydrogens (tertiary/aromatic N) is 6. The van der Waals surface area contributed by atoms with Crippen LogP contribution < -0.4 is 28.0 Å². The second-order valence-electron chi connectivity index (χ2n) is 12.1. The van der Waals surface area contributed by atoms with Gasteiger partial charge in [-0.2, -0.15) is 0 Å². The number of hydrogen-bond donors (Lipinski definition) is 1. The number of unbranched alkanes of at least 4 members (excludes halogenated alkanes) is 2. The third-order valence-corrected chi connectivity index (χ3v) is 8.36. The number of pyridine rings is 2. The van der Waals surface area contributed by atoms with Gasteiger partial charge in [0.05, 0.1) is 28.2 Å². The maximum Gasteiger partial charge on any atom is 0.496 e. The van der Waals surface area contributed by atoms with Gasteiger partial charge in [0.15, 0.2) is 0 Å². The molecule has 0 aromatic carbocycles. The van der Waals surface area contributed by atoms with Crippen LogP contribution in [-0.2, 0) is 36.5 Å². The van der Waals surface area contributed by atoms with Gasteiger partial charge < -0.3 is 14.4 Å². The Morgan fingerprint density at radius 2 is 1.18 bits per heavy atom. The first-order valence-electron chi connectivity index (χ1n) is 14.9. The molecule has 1 saturated heterocycles. The number of hydrogen-bond acceptors (Lipinski definition) is 9. The van der Waals surface area contributed by atoms with Gasteiger partial charge in [0.1, 0.15) is 17.0 Å². The Morgan fingerprint density at radius 3 is 1.64 bits per heavy atom. The molecule has 0 aliphatic carbocycles. The highest BCUT2D eigenvalue weighted by Crippen LogP contribution is 2.36. The summed E-state index contributed by atoms with van der Waals surface area (Å²) in [5.74, 6) is -0.0831. The Kier molecular flexibility index (Phi) is 9.36. The van der Waals surface area contributed by atoms with Crippen LogP contribution in [0, 0.1) is 0 Å². The van der Waals surface area contributed by atoms with Crippen LogP contribution in [0.2, 0.25) is 0 Å². The Bertz CT molecular complexity index is 1920. The van der Waals surface area contributed by atoms with Crippen LogP contribution in [0.5, 0.6) is 5.75 Å². The molecular formula is C30H41BN6O7. The van der Waals surface area contributed by atoms with E-state index >= 15 is 0 Å². The van der Waals surface area contributed by atoms with E-state index in [1.807, 2.05) is 41.5 Å². The summed E-state index contributed by atoms with van der Waals surface area (Å²) in [5, 5.41) is 10.0. The lowest BCUT2D eigenvalue weighted by atomic mass is 9.80. The number of aromatic hydroxyl groups is 1. The van der Waals surface area contributed by atoms with Crippen molar-refractivity contribution in [3.63, 3.8) is 0 Å². The summed E-state index contributed by atoms with van der Waals surface area (Å²) >= 11 is 0. The maximum atomic E-state index is 12.9. The van der Waals surface area contributed by atoms with Crippen molar-refractivity contribution in [3.05, 3.63) is 66.2 Å². The first-order chi connectivity index (χ1) is 20.6. The van der Waals surface area contributed by atoms with Crippen molar-refractivity contribution in [1.29, 1.82) is 0 Å². The second kappa shape index (κ2) is 12.5. The maximum absolute atomic E-state index is 12.9. The van der Waals surface area contributed by atoms with Gasteiger partial charge in [-0.25, -0.2) is 19.6 Å². The smallest absolute Gasteiger partial charge is 0.496 e.